The third-order valence-electron chi connectivity index (χ3n) is 5.55. The topological polar surface area (TPSA) is 64.1 Å². The van der Waals surface area contributed by atoms with E-state index in [-0.39, 0.29) is 31.2 Å². The van der Waals surface area contributed by atoms with Crippen LogP contribution in [0.4, 0.5) is 10.2 Å². The van der Waals surface area contributed by atoms with Gasteiger partial charge in [-0.1, -0.05) is 23.7 Å². The van der Waals surface area contributed by atoms with Crippen molar-refractivity contribution in [3.63, 3.8) is 0 Å². The number of rotatable bonds is 7. The number of aromatic nitrogens is 1. The Bertz CT molecular complexity index is 931. The largest absolute Gasteiger partial charge is 0.473 e. The molecule has 0 aliphatic carbocycles. The molecular formula is C22H25ClFN3O4. The van der Waals surface area contributed by atoms with E-state index in [4.69, 9.17) is 25.8 Å². The smallest absolute Gasteiger partial charge is 0.320 e. The minimum Gasteiger partial charge on any atom is -0.473 e. The van der Waals surface area contributed by atoms with Crippen molar-refractivity contribution < 1.29 is 23.4 Å². The molecule has 9 heteroatoms. The lowest BCUT2D eigenvalue weighted by atomic mass is 10.0. The van der Waals surface area contributed by atoms with Crippen molar-refractivity contribution in [2.75, 3.05) is 44.4 Å². The SMILES string of the molecule is CCOC(=O)CN1CCN(c2cccc(OCc3ccc(Cl)cc3F)n2)[C@H]2COC[C@H]21. The normalized spacial score (nSPS) is 21.1. The molecule has 2 aromatic rings. The molecule has 31 heavy (non-hydrogen) atoms. The van der Waals surface area contributed by atoms with Crippen LogP contribution in [-0.2, 0) is 20.9 Å². The maximum absolute atomic E-state index is 14.0. The van der Waals surface area contributed by atoms with Gasteiger partial charge in [-0.05, 0) is 25.1 Å². The van der Waals surface area contributed by atoms with Gasteiger partial charge in [0.05, 0.1) is 38.4 Å². The van der Waals surface area contributed by atoms with Crippen LogP contribution >= 0.6 is 11.6 Å². The van der Waals surface area contributed by atoms with E-state index in [1.807, 2.05) is 12.1 Å². The summed E-state index contributed by atoms with van der Waals surface area (Å²) >= 11 is 5.80. The zero-order chi connectivity index (χ0) is 21.8. The highest BCUT2D eigenvalue weighted by atomic mass is 35.5. The lowest BCUT2D eigenvalue weighted by Crippen LogP contribution is -2.60. The predicted molar refractivity (Wildman–Crippen MR) is 114 cm³/mol. The second-order valence-electron chi connectivity index (χ2n) is 7.50. The van der Waals surface area contributed by atoms with Crippen molar-refractivity contribution >= 4 is 23.4 Å². The van der Waals surface area contributed by atoms with Gasteiger partial charge >= 0.3 is 5.97 Å². The van der Waals surface area contributed by atoms with Crippen LogP contribution in [0.2, 0.25) is 5.02 Å². The Morgan fingerprint density at radius 1 is 1.26 bits per heavy atom. The monoisotopic (exact) mass is 449 g/mol. The zero-order valence-corrected chi connectivity index (χ0v) is 18.1. The number of pyridine rings is 1. The molecule has 0 unspecified atom stereocenters. The number of benzene rings is 1. The molecule has 4 rings (SSSR count). The summed E-state index contributed by atoms with van der Waals surface area (Å²) in [4.78, 5) is 20.9. The van der Waals surface area contributed by atoms with Crippen LogP contribution < -0.4 is 9.64 Å². The van der Waals surface area contributed by atoms with E-state index in [1.165, 1.54) is 6.07 Å². The van der Waals surface area contributed by atoms with Gasteiger partial charge in [0, 0.05) is 29.7 Å². The molecule has 2 aliphatic rings. The fraction of sp³-hybridized carbons (Fsp3) is 0.455. The van der Waals surface area contributed by atoms with E-state index in [1.54, 1.807) is 25.1 Å². The average molecular weight is 450 g/mol. The molecule has 1 aromatic carbocycles. The Morgan fingerprint density at radius 2 is 2.10 bits per heavy atom. The molecule has 2 saturated heterocycles. The molecule has 1 aromatic heterocycles. The minimum atomic E-state index is -0.410. The number of esters is 1. The maximum Gasteiger partial charge on any atom is 0.320 e. The first kappa shape index (κ1) is 21.8. The van der Waals surface area contributed by atoms with Crippen LogP contribution in [0.5, 0.6) is 5.88 Å². The van der Waals surface area contributed by atoms with Crippen LogP contribution in [0.1, 0.15) is 12.5 Å². The average Bonchev–Trinajstić information content (AvgIpc) is 3.24. The van der Waals surface area contributed by atoms with Crippen LogP contribution in [-0.4, -0.2) is 67.4 Å². The molecule has 0 radical (unpaired) electrons. The van der Waals surface area contributed by atoms with Crippen molar-refractivity contribution in [1.29, 1.82) is 0 Å². The Kier molecular flexibility index (Phi) is 6.89. The number of nitrogens with zero attached hydrogens (tertiary/aromatic N) is 3. The number of hydrogen-bond donors (Lipinski definition) is 0. The van der Waals surface area contributed by atoms with E-state index in [0.29, 0.717) is 49.4 Å². The number of piperazine rings is 1. The number of carbonyl (C=O) groups is 1. The van der Waals surface area contributed by atoms with E-state index < -0.39 is 5.82 Å². The first-order valence-corrected chi connectivity index (χ1v) is 10.7. The summed E-state index contributed by atoms with van der Waals surface area (Å²) in [7, 11) is 0. The lowest BCUT2D eigenvalue weighted by Gasteiger charge is -2.43. The maximum atomic E-state index is 14.0. The minimum absolute atomic E-state index is 0.0575. The van der Waals surface area contributed by atoms with Crippen molar-refractivity contribution in [3.8, 4) is 5.88 Å². The molecular weight excluding hydrogens is 425 g/mol. The van der Waals surface area contributed by atoms with Crippen molar-refractivity contribution in [2.45, 2.75) is 25.6 Å². The highest BCUT2D eigenvalue weighted by Crippen LogP contribution is 2.28. The van der Waals surface area contributed by atoms with Crippen molar-refractivity contribution in [3.05, 3.63) is 52.8 Å². The summed E-state index contributed by atoms with van der Waals surface area (Å²) in [6, 6.07) is 10.2. The van der Waals surface area contributed by atoms with Gasteiger partial charge in [0.2, 0.25) is 5.88 Å². The Hall–Kier alpha value is -2.42. The van der Waals surface area contributed by atoms with E-state index >= 15 is 0 Å². The van der Waals surface area contributed by atoms with Crippen molar-refractivity contribution in [1.82, 2.24) is 9.88 Å². The van der Waals surface area contributed by atoms with Gasteiger partial charge in [0.25, 0.3) is 0 Å². The van der Waals surface area contributed by atoms with Crippen LogP contribution in [0.15, 0.2) is 36.4 Å². The molecule has 0 amide bonds. The van der Waals surface area contributed by atoms with Crippen molar-refractivity contribution in [2.24, 2.45) is 0 Å². The second-order valence-corrected chi connectivity index (χ2v) is 7.94. The number of carbonyl (C=O) groups excluding carboxylic acids is 1. The number of ether oxygens (including phenoxy) is 3. The van der Waals surface area contributed by atoms with E-state index in [2.05, 4.69) is 14.8 Å². The molecule has 0 saturated carbocycles. The Balaban J connectivity index is 1.43. The summed E-state index contributed by atoms with van der Waals surface area (Å²) < 4.78 is 30.6. The van der Waals surface area contributed by atoms with Gasteiger partial charge in [-0.3, -0.25) is 9.69 Å². The lowest BCUT2D eigenvalue weighted by molar-refractivity contribution is -0.145. The fourth-order valence-corrected chi connectivity index (χ4v) is 4.19. The standard InChI is InChI=1S/C22H25ClFN3O4/c1-2-30-22(28)11-26-8-9-27(19-14-29-13-18(19)26)20-4-3-5-21(25-20)31-12-15-6-7-16(23)10-17(15)24/h3-7,10,18-19H,2,8-9,11-14H2,1H3/t18-,19+/m1/s1. The molecule has 0 bridgehead atoms. The summed E-state index contributed by atoms with van der Waals surface area (Å²) in [6.45, 7) is 5.02. The number of fused-ring (bicyclic) bond motifs is 1. The predicted octanol–water partition coefficient (Wildman–Crippen LogP) is 2.91. The van der Waals surface area contributed by atoms with Crippen LogP contribution in [0.3, 0.4) is 0 Å². The van der Waals surface area contributed by atoms with Gasteiger partial charge in [-0.25, -0.2) is 4.39 Å². The van der Waals surface area contributed by atoms with E-state index in [9.17, 15) is 9.18 Å². The zero-order valence-electron chi connectivity index (χ0n) is 17.3. The number of anilines is 1. The molecule has 0 N–H and O–H groups in total. The third kappa shape index (κ3) is 5.08. The Labute approximate surface area is 185 Å². The molecule has 2 fully saturated rings. The van der Waals surface area contributed by atoms with Gasteiger partial charge in [0.15, 0.2) is 0 Å². The molecule has 3 heterocycles. The highest BCUT2D eigenvalue weighted by Gasteiger charge is 2.42. The summed E-state index contributed by atoms with van der Waals surface area (Å²) in [5, 5.41) is 0.344. The first-order chi connectivity index (χ1) is 15.0. The molecule has 7 nitrogen and oxygen atoms in total. The second kappa shape index (κ2) is 9.80. The van der Waals surface area contributed by atoms with Gasteiger partial charge in [-0.2, -0.15) is 4.98 Å². The molecule has 0 spiro atoms. The van der Waals surface area contributed by atoms with Gasteiger partial charge in [0.1, 0.15) is 18.2 Å². The quantitative estimate of drug-likeness (QED) is 0.602. The number of halogens is 2. The van der Waals surface area contributed by atoms with Crippen LogP contribution in [0.25, 0.3) is 0 Å². The fourth-order valence-electron chi connectivity index (χ4n) is 4.03. The highest BCUT2D eigenvalue weighted by molar-refractivity contribution is 6.30. The van der Waals surface area contributed by atoms with Crippen LogP contribution in [0, 0.1) is 5.82 Å². The molecule has 2 aliphatic heterocycles. The molecule has 2 atom stereocenters. The third-order valence-corrected chi connectivity index (χ3v) is 5.79. The van der Waals surface area contributed by atoms with E-state index in [0.717, 1.165) is 5.82 Å². The van der Waals surface area contributed by atoms with Gasteiger partial charge in [-0.15, -0.1) is 0 Å². The molecule has 166 valence electrons. The Morgan fingerprint density at radius 3 is 2.90 bits per heavy atom. The summed E-state index contributed by atoms with van der Waals surface area (Å²) in [5.74, 6) is 0.554. The first-order valence-electron chi connectivity index (χ1n) is 10.3. The van der Waals surface area contributed by atoms with Gasteiger partial charge < -0.3 is 19.1 Å². The summed E-state index contributed by atoms with van der Waals surface area (Å²) in [5.41, 5.74) is 0.411. The summed E-state index contributed by atoms with van der Waals surface area (Å²) in [6.07, 6.45) is 0. The number of hydrogen-bond acceptors (Lipinski definition) is 7.